The van der Waals surface area contributed by atoms with Crippen LogP contribution in [-0.2, 0) is 4.79 Å². The van der Waals surface area contributed by atoms with E-state index >= 15 is 0 Å². The van der Waals surface area contributed by atoms with Crippen molar-refractivity contribution < 1.29 is 14.4 Å². The first kappa shape index (κ1) is 22.4. The Bertz CT molecular complexity index is 1190. The highest BCUT2D eigenvalue weighted by atomic mass is 16.2. The first-order valence-electron chi connectivity index (χ1n) is 11.1. The number of nitrogens with one attached hydrogen (secondary N) is 2. The van der Waals surface area contributed by atoms with Gasteiger partial charge in [0.1, 0.15) is 0 Å². The molecule has 0 spiro atoms. The Kier molecular flexibility index (Phi) is 6.63. The van der Waals surface area contributed by atoms with Crippen LogP contribution in [0.2, 0.25) is 0 Å². The molecule has 1 fully saturated rings. The lowest BCUT2D eigenvalue weighted by atomic mass is 10.0. The molecule has 0 aliphatic carbocycles. The minimum absolute atomic E-state index is 0.0120. The van der Waals surface area contributed by atoms with Gasteiger partial charge in [0.05, 0.1) is 29.0 Å². The predicted molar refractivity (Wildman–Crippen MR) is 125 cm³/mol. The van der Waals surface area contributed by atoms with Gasteiger partial charge < -0.3 is 15.5 Å². The van der Waals surface area contributed by atoms with Crippen molar-refractivity contribution in [2.24, 2.45) is 0 Å². The van der Waals surface area contributed by atoms with Gasteiger partial charge in [-0.3, -0.25) is 14.4 Å². The molecule has 2 heterocycles. The SMILES string of the molecule is Cc1nc2ccc(C(=O)NC3CCN(C(=O)CNC(=O)c4ccccc4)CC3)cc2nc1C. The maximum atomic E-state index is 12.7. The highest BCUT2D eigenvalue weighted by Gasteiger charge is 2.24. The first-order chi connectivity index (χ1) is 15.9. The Morgan fingerprint density at radius 1 is 0.879 bits per heavy atom. The Morgan fingerprint density at radius 3 is 2.24 bits per heavy atom. The molecule has 1 saturated heterocycles. The summed E-state index contributed by atoms with van der Waals surface area (Å²) in [6.45, 7) is 4.84. The monoisotopic (exact) mass is 445 g/mol. The van der Waals surface area contributed by atoms with Crippen LogP contribution in [0.25, 0.3) is 11.0 Å². The second kappa shape index (κ2) is 9.77. The van der Waals surface area contributed by atoms with Gasteiger partial charge in [0.15, 0.2) is 0 Å². The zero-order valence-electron chi connectivity index (χ0n) is 18.8. The second-order valence-electron chi connectivity index (χ2n) is 8.28. The molecular formula is C25H27N5O3. The molecule has 1 aromatic heterocycles. The number of carbonyl (C=O) groups is 3. The summed E-state index contributed by atoms with van der Waals surface area (Å²) in [6.07, 6.45) is 1.33. The van der Waals surface area contributed by atoms with Crippen LogP contribution in [0, 0.1) is 13.8 Å². The fourth-order valence-electron chi connectivity index (χ4n) is 3.87. The largest absolute Gasteiger partial charge is 0.349 e. The molecule has 0 atom stereocenters. The number of rotatable bonds is 5. The topological polar surface area (TPSA) is 104 Å². The predicted octanol–water partition coefficient (Wildman–Crippen LogP) is 2.40. The first-order valence-corrected chi connectivity index (χ1v) is 11.1. The molecule has 0 unspecified atom stereocenters. The third-order valence-corrected chi connectivity index (χ3v) is 5.96. The number of carbonyl (C=O) groups excluding carboxylic acids is 3. The maximum absolute atomic E-state index is 12.7. The zero-order chi connectivity index (χ0) is 23.4. The quantitative estimate of drug-likeness (QED) is 0.628. The smallest absolute Gasteiger partial charge is 0.251 e. The van der Waals surface area contributed by atoms with E-state index in [1.54, 1.807) is 41.3 Å². The average Bonchev–Trinajstić information content (AvgIpc) is 2.83. The molecule has 2 N–H and O–H groups in total. The van der Waals surface area contributed by atoms with E-state index in [4.69, 9.17) is 0 Å². The summed E-state index contributed by atoms with van der Waals surface area (Å²) in [4.78, 5) is 48.1. The van der Waals surface area contributed by atoms with Crippen LogP contribution < -0.4 is 10.6 Å². The number of benzene rings is 2. The van der Waals surface area contributed by atoms with Crippen molar-refractivity contribution >= 4 is 28.8 Å². The number of fused-ring (bicyclic) bond motifs is 1. The summed E-state index contributed by atoms with van der Waals surface area (Å²) in [6, 6.07) is 14.1. The van der Waals surface area contributed by atoms with E-state index in [2.05, 4.69) is 20.6 Å². The number of amides is 3. The zero-order valence-corrected chi connectivity index (χ0v) is 18.8. The number of hydrogen-bond donors (Lipinski definition) is 2. The number of likely N-dealkylation sites (tertiary alicyclic amines) is 1. The van der Waals surface area contributed by atoms with E-state index in [1.807, 2.05) is 26.0 Å². The summed E-state index contributed by atoms with van der Waals surface area (Å²) in [7, 11) is 0. The normalized spacial score (nSPS) is 14.2. The third kappa shape index (κ3) is 5.34. The van der Waals surface area contributed by atoms with Gasteiger partial charge in [0.25, 0.3) is 11.8 Å². The van der Waals surface area contributed by atoms with Gasteiger partial charge in [0, 0.05) is 30.3 Å². The van der Waals surface area contributed by atoms with Crippen LogP contribution >= 0.6 is 0 Å². The third-order valence-electron chi connectivity index (χ3n) is 5.96. The summed E-state index contributed by atoms with van der Waals surface area (Å²) >= 11 is 0. The molecule has 33 heavy (non-hydrogen) atoms. The average molecular weight is 446 g/mol. The van der Waals surface area contributed by atoms with E-state index in [1.165, 1.54) is 0 Å². The van der Waals surface area contributed by atoms with E-state index in [0.717, 1.165) is 16.9 Å². The molecule has 0 saturated carbocycles. The van der Waals surface area contributed by atoms with Crippen molar-refractivity contribution in [2.45, 2.75) is 32.7 Å². The van der Waals surface area contributed by atoms with Crippen molar-refractivity contribution in [1.29, 1.82) is 0 Å². The van der Waals surface area contributed by atoms with Crippen molar-refractivity contribution in [2.75, 3.05) is 19.6 Å². The standard InChI is InChI=1S/C25H27N5O3/c1-16-17(2)28-22-14-19(8-9-21(22)27-16)25(33)29-20-10-12-30(13-11-20)23(31)15-26-24(32)18-6-4-3-5-7-18/h3-9,14,20H,10-13,15H2,1-2H3,(H,26,32)(H,29,33). The van der Waals surface area contributed by atoms with E-state index in [0.29, 0.717) is 42.6 Å². The lowest BCUT2D eigenvalue weighted by Gasteiger charge is -2.32. The maximum Gasteiger partial charge on any atom is 0.251 e. The lowest BCUT2D eigenvalue weighted by molar-refractivity contribution is -0.131. The van der Waals surface area contributed by atoms with Gasteiger partial charge in [0.2, 0.25) is 5.91 Å². The van der Waals surface area contributed by atoms with Crippen LogP contribution in [0.4, 0.5) is 0 Å². The lowest BCUT2D eigenvalue weighted by Crippen LogP contribution is -2.49. The van der Waals surface area contributed by atoms with Crippen LogP contribution in [0.3, 0.4) is 0 Å². The second-order valence-corrected chi connectivity index (χ2v) is 8.28. The minimum Gasteiger partial charge on any atom is -0.349 e. The fraction of sp³-hybridized carbons (Fsp3) is 0.320. The van der Waals surface area contributed by atoms with Crippen molar-refractivity contribution in [3.8, 4) is 0 Å². The van der Waals surface area contributed by atoms with Crippen molar-refractivity contribution in [3.63, 3.8) is 0 Å². The number of aryl methyl sites for hydroxylation is 2. The van der Waals surface area contributed by atoms with Crippen LogP contribution in [0.15, 0.2) is 48.5 Å². The molecule has 1 aliphatic rings. The highest BCUT2D eigenvalue weighted by Crippen LogP contribution is 2.16. The van der Waals surface area contributed by atoms with Gasteiger partial charge >= 0.3 is 0 Å². The summed E-state index contributed by atoms with van der Waals surface area (Å²) in [5.74, 6) is -0.545. The molecule has 3 amide bonds. The molecule has 4 rings (SSSR count). The summed E-state index contributed by atoms with van der Waals surface area (Å²) < 4.78 is 0. The van der Waals surface area contributed by atoms with Gasteiger partial charge in [-0.2, -0.15) is 0 Å². The van der Waals surface area contributed by atoms with Gasteiger partial charge in [-0.15, -0.1) is 0 Å². The molecule has 8 nitrogen and oxygen atoms in total. The van der Waals surface area contributed by atoms with E-state index in [9.17, 15) is 14.4 Å². The van der Waals surface area contributed by atoms with Gasteiger partial charge in [-0.1, -0.05) is 18.2 Å². The molecule has 1 aliphatic heterocycles. The Hall–Kier alpha value is -3.81. The molecule has 0 bridgehead atoms. The Balaban J connectivity index is 1.27. The van der Waals surface area contributed by atoms with Gasteiger partial charge in [-0.25, -0.2) is 9.97 Å². The van der Waals surface area contributed by atoms with Crippen LogP contribution in [0.1, 0.15) is 44.9 Å². The van der Waals surface area contributed by atoms with Crippen molar-refractivity contribution in [3.05, 3.63) is 71.0 Å². The number of piperidine rings is 1. The van der Waals surface area contributed by atoms with Crippen LogP contribution in [-0.4, -0.2) is 58.3 Å². The molecule has 3 aromatic rings. The molecular weight excluding hydrogens is 418 g/mol. The fourth-order valence-corrected chi connectivity index (χ4v) is 3.87. The summed E-state index contributed by atoms with van der Waals surface area (Å²) in [5, 5.41) is 5.73. The van der Waals surface area contributed by atoms with Gasteiger partial charge in [-0.05, 0) is 57.0 Å². The molecule has 8 heteroatoms. The molecule has 170 valence electrons. The Morgan fingerprint density at radius 2 is 1.55 bits per heavy atom. The van der Waals surface area contributed by atoms with E-state index < -0.39 is 0 Å². The van der Waals surface area contributed by atoms with E-state index in [-0.39, 0.29) is 30.3 Å². The highest BCUT2D eigenvalue weighted by molar-refractivity contribution is 5.97. The molecule has 2 aromatic carbocycles. The molecule has 0 radical (unpaired) electrons. The van der Waals surface area contributed by atoms with Crippen molar-refractivity contribution in [1.82, 2.24) is 25.5 Å². The summed E-state index contributed by atoms with van der Waals surface area (Å²) in [5.41, 5.74) is 4.25. The Labute approximate surface area is 192 Å². The van der Waals surface area contributed by atoms with Crippen LogP contribution in [0.5, 0.6) is 0 Å². The minimum atomic E-state index is -0.267. The number of nitrogens with zero attached hydrogens (tertiary/aromatic N) is 3. The number of aromatic nitrogens is 2. The number of hydrogen-bond acceptors (Lipinski definition) is 5.